The number of H-pyrrole nitrogens is 1. The summed E-state index contributed by atoms with van der Waals surface area (Å²) in [6.45, 7) is 0.418. The SMILES string of the molecule is O=C(N[C@@H]1CC[C@H](C(=O)NCc2ccc(Cl)cc2)C[C@H]1O)c1ncc[nH]1. The van der Waals surface area contributed by atoms with E-state index < -0.39 is 6.10 Å². The maximum absolute atomic E-state index is 12.3. The van der Waals surface area contributed by atoms with Crippen molar-refractivity contribution < 1.29 is 14.7 Å². The fourth-order valence-electron chi connectivity index (χ4n) is 3.12. The summed E-state index contributed by atoms with van der Waals surface area (Å²) in [7, 11) is 0. The fourth-order valence-corrected chi connectivity index (χ4v) is 3.24. The molecule has 0 bridgehead atoms. The van der Waals surface area contributed by atoms with Gasteiger partial charge in [-0.1, -0.05) is 23.7 Å². The van der Waals surface area contributed by atoms with Crippen molar-refractivity contribution in [1.82, 2.24) is 20.6 Å². The van der Waals surface area contributed by atoms with Crippen LogP contribution in [0.1, 0.15) is 35.4 Å². The number of benzene rings is 1. The third kappa shape index (κ3) is 4.62. The zero-order chi connectivity index (χ0) is 18.5. The molecule has 1 heterocycles. The molecular formula is C18H21ClN4O3. The number of hydrogen-bond donors (Lipinski definition) is 4. The molecule has 2 amide bonds. The second kappa shape index (κ2) is 8.33. The van der Waals surface area contributed by atoms with Gasteiger partial charge in [-0.2, -0.15) is 0 Å². The number of aliphatic hydroxyl groups excluding tert-OH is 1. The molecule has 0 aliphatic heterocycles. The van der Waals surface area contributed by atoms with E-state index in [0.29, 0.717) is 30.8 Å². The van der Waals surface area contributed by atoms with Gasteiger partial charge < -0.3 is 20.7 Å². The van der Waals surface area contributed by atoms with E-state index in [1.807, 2.05) is 12.1 Å². The first-order chi connectivity index (χ1) is 12.5. The first kappa shape index (κ1) is 18.4. The van der Waals surface area contributed by atoms with E-state index >= 15 is 0 Å². The predicted octanol–water partition coefficient (Wildman–Crippen LogP) is 1.64. The Labute approximate surface area is 156 Å². The monoisotopic (exact) mass is 376 g/mol. The van der Waals surface area contributed by atoms with Crippen LogP contribution >= 0.6 is 11.6 Å². The van der Waals surface area contributed by atoms with Gasteiger partial charge in [0.2, 0.25) is 5.91 Å². The van der Waals surface area contributed by atoms with Crippen molar-refractivity contribution in [2.75, 3.05) is 0 Å². The van der Waals surface area contributed by atoms with Crippen molar-refractivity contribution in [3.8, 4) is 0 Å². The average Bonchev–Trinajstić information content (AvgIpc) is 3.17. The lowest BCUT2D eigenvalue weighted by molar-refractivity contribution is -0.127. The quantitative estimate of drug-likeness (QED) is 0.636. The highest BCUT2D eigenvalue weighted by atomic mass is 35.5. The lowest BCUT2D eigenvalue weighted by Crippen LogP contribution is -2.49. The number of halogens is 1. The highest BCUT2D eigenvalue weighted by Gasteiger charge is 2.33. The van der Waals surface area contributed by atoms with Gasteiger partial charge in [0.1, 0.15) is 0 Å². The first-order valence-electron chi connectivity index (χ1n) is 8.53. The molecule has 0 unspecified atom stereocenters. The van der Waals surface area contributed by atoms with Gasteiger partial charge in [0.05, 0.1) is 12.1 Å². The van der Waals surface area contributed by atoms with E-state index in [4.69, 9.17) is 11.6 Å². The van der Waals surface area contributed by atoms with Crippen LogP contribution in [-0.4, -0.2) is 39.0 Å². The summed E-state index contributed by atoms with van der Waals surface area (Å²) in [5, 5.41) is 16.6. The Bertz CT molecular complexity index is 748. The molecule has 8 heteroatoms. The summed E-state index contributed by atoms with van der Waals surface area (Å²) < 4.78 is 0. The van der Waals surface area contributed by atoms with Gasteiger partial charge in [0.25, 0.3) is 5.91 Å². The number of imidazole rings is 1. The zero-order valence-electron chi connectivity index (χ0n) is 14.1. The molecule has 1 fully saturated rings. The molecule has 0 spiro atoms. The van der Waals surface area contributed by atoms with Crippen molar-refractivity contribution in [2.24, 2.45) is 5.92 Å². The van der Waals surface area contributed by atoms with Crippen molar-refractivity contribution in [3.05, 3.63) is 53.1 Å². The number of aliphatic hydroxyl groups is 1. The maximum atomic E-state index is 12.3. The number of aromatic nitrogens is 2. The number of amides is 2. The number of nitrogens with one attached hydrogen (secondary N) is 3. The molecular weight excluding hydrogens is 356 g/mol. The van der Waals surface area contributed by atoms with Gasteiger partial charge in [-0.15, -0.1) is 0 Å². The van der Waals surface area contributed by atoms with Gasteiger partial charge >= 0.3 is 0 Å². The molecule has 4 N–H and O–H groups in total. The van der Waals surface area contributed by atoms with Crippen LogP contribution < -0.4 is 10.6 Å². The Morgan fingerprint density at radius 3 is 2.69 bits per heavy atom. The molecule has 26 heavy (non-hydrogen) atoms. The van der Waals surface area contributed by atoms with Gasteiger partial charge in [-0.3, -0.25) is 9.59 Å². The van der Waals surface area contributed by atoms with E-state index in [1.165, 1.54) is 6.20 Å². The summed E-state index contributed by atoms with van der Waals surface area (Å²) in [5.41, 5.74) is 0.961. The molecule has 0 saturated heterocycles. The number of hydrogen-bond acceptors (Lipinski definition) is 4. The third-order valence-corrected chi connectivity index (χ3v) is 4.85. The standard InChI is InChI=1S/C18H21ClN4O3/c19-13-4-1-11(2-5-13)10-22-17(25)12-3-6-14(15(24)9-12)23-18(26)16-20-7-8-21-16/h1-2,4-5,7-8,12,14-15,24H,3,6,9-10H2,(H,20,21)(H,22,25)(H,23,26)/t12-,14+,15+/m0/s1. The fraction of sp³-hybridized carbons (Fsp3) is 0.389. The zero-order valence-corrected chi connectivity index (χ0v) is 14.9. The van der Waals surface area contributed by atoms with Crippen LogP contribution in [0.15, 0.2) is 36.7 Å². The highest BCUT2D eigenvalue weighted by molar-refractivity contribution is 6.30. The third-order valence-electron chi connectivity index (χ3n) is 4.60. The van der Waals surface area contributed by atoms with Crippen LogP contribution in [0.3, 0.4) is 0 Å². The molecule has 0 radical (unpaired) electrons. The second-order valence-electron chi connectivity index (χ2n) is 6.44. The van der Waals surface area contributed by atoms with Crippen LogP contribution in [0.2, 0.25) is 5.02 Å². The first-order valence-corrected chi connectivity index (χ1v) is 8.91. The summed E-state index contributed by atoms with van der Waals surface area (Å²) in [6.07, 6.45) is 3.74. The van der Waals surface area contributed by atoms with Crippen LogP contribution in [0.25, 0.3) is 0 Å². The average molecular weight is 377 g/mol. The Morgan fingerprint density at radius 2 is 2.04 bits per heavy atom. The topological polar surface area (TPSA) is 107 Å². The van der Waals surface area contributed by atoms with Crippen LogP contribution in [0, 0.1) is 5.92 Å². The molecule has 1 aliphatic rings. The summed E-state index contributed by atoms with van der Waals surface area (Å²) in [4.78, 5) is 31.0. The number of aromatic amines is 1. The number of carbonyl (C=O) groups is 2. The summed E-state index contributed by atoms with van der Waals surface area (Å²) in [6, 6.07) is 6.89. The second-order valence-corrected chi connectivity index (χ2v) is 6.88. The van der Waals surface area contributed by atoms with Gasteiger partial charge in [0, 0.05) is 29.9 Å². The minimum Gasteiger partial charge on any atom is -0.391 e. The summed E-state index contributed by atoms with van der Waals surface area (Å²) in [5.74, 6) is -0.506. The number of carbonyl (C=O) groups excluding carboxylic acids is 2. The van der Waals surface area contributed by atoms with E-state index in [2.05, 4.69) is 20.6 Å². The van der Waals surface area contributed by atoms with E-state index in [1.54, 1.807) is 18.3 Å². The van der Waals surface area contributed by atoms with Crippen LogP contribution in [0.4, 0.5) is 0 Å². The smallest absolute Gasteiger partial charge is 0.287 e. The maximum Gasteiger partial charge on any atom is 0.287 e. The summed E-state index contributed by atoms with van der Waals surface area (Å²) >= 11 is 5.84. The molecule has 1 aliphatic carbocycles. The molecule has 7 nitrogen and oxygen atoms in total. The molecule has 3 rings (SSSR count). The Kier molecular flexibility index (Phi) is 5.90. The molecule has 2 aromatic rings. The Hall–Kier alpha value is -2.38. The van der Waals surface area contributed by atoms with Crippen molar-refractivity contribution in [1.29, 1.82) is 0 Å². The van der Waals surface area contributed by atoms with Gasteiger partial charge in [-0.05, 0) is 37.0 Å². The largest absolute Gasteiger partial charge is 0.391 e. The van der Waals surface area contributed by atoms with Crippen molar-refractivity contribution >= 4 is 23.4 Å². The number of nitrogens with zero attached hydrogens (tertiary/aromatic N) is 1. The molecule has 1 saturated carbocycles. The van der Waals surface area contributed by atoms with Crippen molar-refractivity contribution in [2.45, 2.75) is 38.0 Å². The van der Waals surface area contributed by atoms with Crippen LogP contribution in [-0.2, 0) is 11.3 Å². The predicted molar refractivity (Wildman–Crippen MR) is 96.5 cm³/mol. The lowest BCUT2D eigenvalue weighted by Gasteiger charge is -2.32. The van der Waals surface area contributed by atoms with Gasteiger partial charge in [-0.25, -0.2) is 4.98 Å². The van der Waals surface area contributed by atoms with E-state index in [-0.39, 0.29) is 29.6 Å². The lowest BCUT2D eigenvalue weighted by atomic mass is 9.83. The molecule has 138 valence electrons. The van der Waals surface area contributed by atoms with Crippen LogP contribution in [0.5, 0.6) is 0 Å². The normalized spacial score (nSPS) is 22.6. The number of rotatable bonds is 5. The molecule has 1 aromatic carbocycles. The van der Waals surface area contributed by atoms with Gasteiger partial charge in [0.15, 0.2) is 5.82 Å². The highest BCUT2D eigenvalue weighted by Crippen LogP contribution is 2.25. The minimum atomic E-state index is -0.769. The van der Waals surface area contributed by atoms with E-state index in [9.17, 15) is 14.7 Å². The minimum absolute atomic E-state index is 0.0881. The van der Waals surface area contributed by atoms with Crippen molar-refractivity contribution in [3.63, 3.8) is 0 Å². The molecule has 1 aromatic heterocycles. The Morgan fingerprint density at radius 1 is 1.27 bits per heavy atom. The van der Waals surface area contributed by atoms with E-state index in [0.717, 1.165) is 5.56 Å². The molecule has 3 atom stereocenters. The Balaban J connectivity index is 1.47.